The Morgan fingerprint density at radius 2 is 1.81 bits per heavy atom. The van der Waals surface area contributed by atoms with Crippen LogP contribution in [0.25, 0.3) is 0 Å². The third-order valence-electron chi connectivity index (χ3n) is 3.77. The quantitative estimate of drug-likeness (QED) is 0.708. The molecule has 0 unspecified atom stereocenters. The fraction of sp³-hybridized carbons (Fsp3) is 0.750. The molecule has 2 rings (SSSR count). The molecule has 1 saturated heterocycles. The lowest BCUT2D eigenvalue weighted by Crippen LogP contribution is -2.37. The highest BCUT2D eigenvalue weighted by molar-refractivity contribution is 5.30. The Balaban J connectivity index is 1.63. The molecule has 0 atom stereocenters. The molecule has 0 aromatic carbocycles. The largest absolute Gasteiger partial charge is 0.378 e. The number of rotatable bonds is 9. The fourth-order valence-corrected chi connectivity index (χ4v) is 2.45. The molecule has 0 aliphatic carbocycles. The summed E-state index contributed by atoms with van der Waals surface area (Å²) in [5, 5.41) is 3.46. The molecule has 2 heterocycles. The summed E-state index contributed by atoms with van der Waals surface area (Å²) in [7, 11) is 0. The lowest BCUT2D eigenvalue weighted by molar-refractivity contribution is 0.122. The number of hydrogen-bond donors (Lipinski definition) is 1. The van der Waals surface area contributed by atoms with Gasteiger partial charge in [0, 0.05) is 37.6 Å². The topological polar surface area (TPSA) is 50.3 Å². The van der Waals surface area contributed by atoms with Gasteiger partial charge in [-0.25, -0.2) is 9.97 Å². The zero-order valence-corrected chi connectivity index (χ0v) is 13.2. The molecule has 5 nitrogen and oxygen atoms in total. The highest BCUT2D eigenvalue weighted by Gasteiger charge is 2.13. The Kier molecular flexibility index (Phi) is 7.46. The maximum absolute atomic E-state index is 5.34. The van der Waals surface area contributed by atoms with E-state index in [9.17, 15) is 0 Å². The molecule has 1 fully saturated rings. The van der Waals surface area contributed by atoms with E-state index in [0.29, 0.717) is 0 Å². The molecule has 118 valence electrons. The number of nitrogens with one attached hydrogen (secondary N) is 1. The van der Waals surface area contributed by atoms with Crippen LogP contribution < -0.4 is 10.2 Å². The number of hydrogen-bond acceptors (Lipinski definition) is 5. The second kappa shape index (κ2) is 9.68. The summed E-state index contributed by atoms with van der Waals surface area (Å²) in [5.74, 6) is 0.821. The van der Waals surface area contributed by atoms with Gasteiger partial charge >= 0.3 is 0 Å². The van der Waals surface area contributed by atoms with Gasteiger partial charge in [-0.3, -0.25) is 0 Å². The molecule has 0 bridgehead atoms. The van der Waals surface area contributed by atoms with Gasteiger partial charge in [-0.15, -0.1) is 0 Å². The van der Waals surface area contributed by atoms with E-state index in [1.54, 1.807) is 0 Å². The van der Waals surface area contributed by atoms with Crippen molar-refractivity contribution >= 4 is 5.95 Å². The predicted octanol–water partition coefficient (Wildman–Crippen LogP) is 2.37. The average molecular weight is 292 g/mol. The molecule has 1 aliphatic heterocycles. The molecule has 0 spiro atoms. The lowest BCUT2D eigenvalue weighted by atomic mass is 10.1. The Morgan fingerprint density at radius 3 is 2.52 bits per heavy atom. The van der Waals surface area contributed by atoms with E-state index in [0.717, 1.165) is 50.9 Å². The minimum atomic E-state index is 0.769. The monoisotopic (exact) mass is 292 g/mol. The van der Waals surface area contributed by atoms with Gasteiger partial charge in [0.25, 0.3) is 0 Å². The van der Waals surface area contributed by atoms with Crippen LogP contribution in [0.4, 0.5) is 5.95 Å². The van der Waals surface area contributed by atoms with Crippen LogP contribution >= 0.6 is 0 Å². The Bertz CT molecular complexity index is 376. The molecule has 5 heteroatoms. The first-order chi connectivity index (χ1) is 10.4. The van der Waals surface area contributed by atoms with E-state index < -0.39 is 0 Å². The number of aromatic nitrogens is 2. The van der Waals surface area contributed by atoms with Crippen molar-refractivity contribution in [2.75, 3.05) is 37.7 Å². The van der Waals surface area contributed by atoms with Gasteiger partial charge in [0.15, 0.2) is 0 Å². The first-order valence-corrected chi connectivity index (χ1v) is 8.24. The maximum Gasteiger partial charge on any atom is 0.225 e. The molecular formula is C16H28N4O. The molecule has 1 aromatic rings. The van der Waals surface area contributed by atoms with E-state index in [2.05, 4.69) is 27.1 Å². The van der Waals surface area contributed by atoms with Gasteiger partial charge in [-0.05, 0) is 13.0 Å². The van der Waals surface area contributed by atoms with Crippen molar-refractivity contribution in [2.24, 2.45) is 0 Å². The summed E-state index contributed by atoms with van der Waals surface area (Å²) in [6.07, 6.45) is 10.5. The Hall–Kier alpha value is -1.20. The summed E-state index contributed by atoms with van der Waals surface area (Å²) in [5.41, 5.74) is 1.15. The van der Waals surface area contributed by atoms with Crippen LogP contribution in [0.2, 0.25) is 0 Å². The van der Waals surface area contributed by atoms with Crippen LogP contribution in [0.1, 0.15) is 44.6 Å². The summed E-state index contributed by atoms with van der Waals surface area (Å²) in [6.45, 7) is 7.49. The van der Waals surface area contributed by atoms with Crippen LogP contribution in [0.5, 0.6) is 0 Å². The van der Waals surface area contributed by atoms with E-state index >= 15 is 0 Å². The number of unbranched alkanes of at least 4 members (excludes halogenated alkanes) is 4. The second-order valence-electron chi connectivity index (χ2n) is 5.58. The standard InChI is InChI=1S/C16H28N4O/c1-2-3-4-5-6-7-17-12-15-13-18-16(19-14-15)20-8-10-21-11-9-20/h13-14,17H,2-12H2,1H3. The average Bonchev–Trinajstić information content (AvgIpc) is 2.55. The summed E-state index contributed by atoms with van der Waals surface area (Å²) in [6, 6.07) is 0. The van der Waals surface area contributed by atoms with Crippen LogP contribution in [-0.4, -0.2) is 42.8 Å². The Labute approximate surface area is 128 Å². The van der Waals surface area contributed by atoms with E-state index in [1.807, 2.05) is 12.4 Å². The zero-order chi connectivity index (χ0) is 14.8. The van der Waals surface area contributed by atoms with Crippen LogP contribution in [-0.2, 0) is 11.3 Å². The van der Waals surface area contributed by atoms with Gasteiger partial charge in [0.1, 0.15) is 0 Å². The zero-order valence-electron chi connectivity index (χ0n) is 13.2. The lowest BCUT2D eigenvalue weighted by Gasteiger charge is -2.26. The van der Waals surface area contributed by atoms with Gasteiger partial charge in [-0.1, -0.05) is 32.6 Å². The van der Waals surface area contributed by atoms with Crippen LogP contribution in [0.15, 0.2) is 12.4 Å². The number of anilines is 1. The fourth-order valence-electron chi connectivity index (χ4n) is 2.45. The maximum atomic E-state index is 5.34. The second-order valence-corrected chi connectivity index (χ2v) is 5.58. The van der Waals surface area contributed by atoms with E-state index in [1.165, 1.54) is 32.1 Å². The first-order valence-electron chi connectivity index (χ1n) is 8.24. The smallest absolute Gasteiger partial charge is 0.225 e. The normalized spacial score (nSPS) is 15.4. The van der Waals surface area contributed by atoms with Crippen molar-refractivity contribution in [2.45, 2.75) is 45.6 Å². The number of nitrogens with zero attached hydrogens (tertiary/aromatic N) is 3. The van der Waals surface area contributed by atoms with Crippen molar-refractivity contribution < 1.29 is 4.74 Å². The predicted molar refractivity (Wildman–Crippen MR) is 85.5 cm³/mol. The number of ether oxygens (including phenoxy) is 1. The highest BCUT2D eigenvalue weighted by atomic mass is 16.5. The molecule has 21 heavy (non-hydrogen) atoms. The molecule has 0 radical (unpaired) electrons. The highest BCUT2D eigenvalue weighted by Crippen LogP contribution is 2.09. The van der Waals surface area contributed by atoms with Crippen molar-refractivity contribution in [1.29, 1.82) is 0 Å². The molecular weight excluding hydrogens is 264 g/mol. The van der Waals surface area contributed by atoms with Gasteiger partial charge in [0.05, 0.1) is 13.2 Å². The summed E-state index contributed by atoms with van der Waals surface area (Å²) in [4.78, 5) is 11.1. The van der Waals surface area contributed by atoms with Gasteiger partial charge < -0.3 is 15.0 Å². The minimum absolute atomic E-state index is 0.769. The van der Waals surface area contributed by atoms with E-state index in [4.69, 9.17) is 4.74 Å². The van der Waals surface area contributed by atoms with Crippen molar-refractivity contribution in [1.82, 2.24) is 15.3 Å². The molecule has 1 aliphatic rings. The summed E-state index contributed by atoms with van der Waals surface area (Å²) < 4.78 is 5.34. The minimum Gasteiger partial charge on any atom is -0.378 e. The van der Waals surface area contributed by atoms with E-state index in [-0.39, 0.29) is 0 Å². The molecule has 1 N–H and O–H groups in total. The van der Waals surface area contributed by atoms with Crippen molar-refractivity contribution in [3.8, 4) is 0 Å². The van der Waals surface area contributed by atoms with Gasteiger partial charge in [0.2, 0.25) is 5.95 Å². The number of morpholine rings is 1. The van der Waals surface area contributed by atoms with Crippen LogP contribution in [0.3, 0.4) is 0 Å². The van der Waals surface area contributed by atoms with Crippen LogP contribution in [0, 0.1) is 0 Å². The van der Waals surface area contributed by atoms with Crippen molar-refractivity contribution in [3.63, 3.8) is 0 Å². The van der Waals surface area contributed by atoms with Crippen molar-refractivity contribution in [3.05, 3.63) is 18.0 Å². The third kappa shape index (κ3) is 5.98. The molecule has 0 saturated carbocycles. The molecule has 1 aromatic heterocycles. The van der Waals surface area contributed by atoms with Gasteiger partial charge in [-0.2, -0.15) is 0 Å². The Morgan fingerprint density at radius 1 is 1.10 bits per heavy atom. The summed E-state index contributed by atoms with van der Waals surface area (Å²) >= 11 is 0. The SMILES string of the molecule is CCCCCCCNCc1cnc(N2CCOCC2)nc1. The first kappa shape index (κ1) is 16.2. The molecule has 0 amide bonds. The third-order valence-corrected chi connectivity index (χ3v) is 3.77.